The van der Waals surface area contributed by atoms with E-state index in [-0.39, 0.29) is 11.2 Å². The maximum Gasteiger partial charge on any atom is 0.130 e. The summed E-state index contributed by atoms with van der Waals surface area (Å²) >= 11 is 3.81. The molecule has 1 nitrogen and oxygen atoms in total. The highest BCUT2D eigenvalue weighted by atomic mass is 32.1. The topological polar surface area (TPSA) is 23.9 Å². The molecule has 0 spiro atoms. The summed E-state index contributed by atoms with van der Waals surface area (Å²) in [6, 6.07) is 17.7. The Morgan fingerprint density at radius 2 is 1.68 bits per heavy atom. The van der Waals surface area contributed by atoms with Crippen LogP contribution >= 0.6 is 12.2 Å². The third-order valence-corrected chi connectivity index (χ3v) is 5.34. The minimum absolute atomic E-state index is 0.140. The molecular formula is C25H28FNS. The molecule has 0 aromatic heterocycles. The first-order valence-electron chi connectivity index (χ1n) is 9.81. The van der Waals surface area contributed by atoms with Crippen molar-refractivity contribution in [3.63, 3.8) is 0 Å². The lowest BCUT2D eigenvalue weighted by Gasteiger charge is -2.37. The van der Waals surface area contributed by atoms with Gasteiger partial charge in [-0.3, -0.25) is 0 Å². The molecule has 1 N–H and O–H groups in total. The molecule has 1 unspecified atom stereocenters. The molecule has 0 fully saturated rings. The normalized spacial score (nSPS) is 18.2. The summed E-state index contributed by atoms with van der Waals surface area (Å²) in [5.41, 5.74) is 4.33. The first-order chi connectivity index (χ1) is 13.6. The van der Waals surface area contributed by atoms with E-state index < -0.39 is 0 Å². The summed E-state index contributed by atoms with van der Waals surface area (Å²) in [5.74, 6) is -0.140. The Balaban J connectivity index is 0.000000878. The van der Waals surface area contributed by atoms with Crippen LogP contribution in [-0.2, 0) is 5.41 Å². The average Bonchev–Trinajstić information content (AvgIpc) is 2.70. The molecule has 3 heteroatoms. The smallest absolute Gasteiger partial charge is 0.130 e. The number of halogens is 1. The summed E-state index contributed by atoms with van der Waals surface area (Å²) in [6.45, 7) is 4.49. The van der Waals surface area contributed by atoms with Gasteiger partial charge in [0.05, 0.1) is 5.16 Å². The van der Waals surface area contributed by atoms with Gasteiger partial charge in [0.1, 0.15) is 5.82 Å². The average molecular weight is 394 g/mol. The summed E-state index contributed by atoms with van der Waals surface area (Å²) in [7, 11) is 0. The highest BCUT2D eigenvalue weighted by Gasteiger charge is 2.35. The fraction of sp³-hybridized carbons (Fsp3) is 0.320. The zero-order valence-corrected chi connectivity index (χ0v) is 17.5. The van der Waals surface area contributed by atoms with E-state index in [1.54, 1.807) is 17.3 Å². The van der Waals surface area contributed by atoms with Crippen molar-refractivity contribution in [2.75, 3.05) is 0 Å². The Hall–Kier alpha value is -2.35. The zero-order valence-electron chi connectivity index (χ0n) is 16.7. The van der Waals surface area contributed by atoms with Crippen molar-refractivity contribution in [2.45, 2.75) is 51.4 Å². The number of allylic oxidation sites excluding steroid dienone is 4. The van der Waals surface area contributed by atoms with Crippen LogP contribution in [0.25, 0.3) is 5.57 Å². The molecule has 3 rings (SSSR count). The van der Waals surface area contributed by atoms with Gasteiger partial charge in [-0.25, -0.2) is 9.80 Å². The van der Waals surface area contributed by atoms with Crippen LogP contribution < -0.4 is 0 Å². The number of nitrogens with one attached hydrogen (secondary N) is 1. The van der Waals surface area contributed by atoms with Crippen LogP contribution in [-0.4, -0.2) is 5.16 Å². The van der Waals surface area contributed by atoms with Crippen molar-refractivity contribution >= 4 is 23.0 Å². The van der Waals surface area contributed by atoms with Gasteiger partial charge in [-0.1, -0.05) is 92.9 Å². The molecule has 146 valence electrons. The van der Waals surface area contributed by atoms with E-state index in [0.717, 1.165) is 24.0 Å². The molecular weight excluding hydrogens is 365 g/mol. The van der Waals surface area contributed by atoms with Crippen LogP contribution in [0, 0.1) is 11.2 Å². The van der Waals surface area contributed by atoms with Gasteiger partial charge in [0.25, 0.3) is 0 Å². The van der Waals surface area contributed by atoms with Gasteiger partial charge in [0.15, 0.2) is 0 Å². The van der Waals surface area contributed by atoms with Crippen LogP contribution in [0.3, 0.4) is 0 Å². The zero-order chi connectivity index (χ0) is 20.4. The van der Waals surface area contributed by atoms with Crippen molar-refractivity contribution in [1.82, 2.24) is 0 Å². The van der Waals surface area contributed by atoms with Gasteiger partial charge in [-0.05, 0) is 48.7 Å². The maximum atomic E-state index is 14.5. The van der Waals surface area contributed by atoms with E-state index in [2.05, 4.69) is 62.5 Å². The highest BCUT2D eigenvalue weighted by Crippen LogP contribution is 2.46. The van der Waals surface area contributed by atoms with E-state index in [9.17, 15) is 4.39 Å². The van der Waals surface area contributed by atoms with Crippen molar-refractivity contribution in [3.8, 4) is 0 Å². The molecule has 2 aromatic rings. The molecule has 0 saturated heterocycles. The van der Waals surface area contributed by atoms with Gasteiger partial charge < -0.3 is 0 Å². The van der Waals surface area contributed by atoms with Crippen LogP contribution in [0.2, 0.25) is 0 Å². The second-order valence-corrected chi connectivity index (χ2v) is 7.52. The molecule has 28 heavy (non-hydrogen) atoms. The number of unbranched alkanes of at least 4 members (excludes halogenated alkanes) is 2. The van der Waals surface area contributed by atoms with E-state index in [4.69, 9.17) is 5.41 Å². The Morgan fingerprint density at radius 3 is 2.32 bits per heavy atom. The molecule has 0 aliphatic heterocycles. The lowest BCUT2D eigenvalue weighted by molar-refractivity contribution is 0.564. The lowest BCUT2D eigenvalue weighted by Crippen LogP contribution is -2.27. The van der Waals surface area contributed by atoms with Gasteiger partial charge in [0, 0.05) is 11.0 Å². The third kappa shape index (κ3) is 5.34. The predicted octanol–water partition coefficient (Wildman–Crippen LogP) is 7.75. The van der Waals surface area contributed by atoms with Crippen LogP contribution in [0.5, 0.6) is 0 Å². The Labute approximate surface area is 173 Å². The number of rotatable bonds is 6. The summed E-state index contributed by atoms with van der Waals surface area (Å²) < 4.78 is 14.5. The van der Waals surface area contributed by atoms with Gasteiger partial charge in [-0.2, -0.15) is 0 Å². The van der Waals surface area contributed by atoms with Crippen molar-refractivity contribution in [3.05, 3.63) is 89.3 Å². The quantitative estimate of drug-likeness (QED) is 0.303. The van der Waals surface area contributed by atoms with E-state index >= 15 is 0 Å². The largest absolute Gasteiger partial charge is 0.248 e. The van der Waals surface area contributed by atoms with E-state index in [1.807, 2.05) is 18.2 Å². The SMILES string of the molecule is CCCCCC1=CC=C(c2ccccc2F)C(C)(c2ccccc2)C1.N=C=S. The fourth-order valence-corrected chi connectivity index (χ4v) is 3.90. The molecule has 1 aliphatic carbocycles. The summed E-state index contributed by atoms with van der Waals surface area (Å²) in [6.07, 6.45) is 10.2. The Kier molecular flexibility index (Phi) is 8.50. The Morgan fingerprint density at radius 1 is 1.04 bits per heavy atom. The molecule has 0 bridgehead atoms. The van der Waals surface area contributed by atoms with Crippen molar-refractivity contribution in [2.24, 2.45) is 0 Å². The van der Waals surface area contributed by atoms with Crippen LogP contribution in [0.4, 0.5) is 4.39 Å². The predicted molar refractivity (Wildman–Crippen MR) is 120 cm³/mol. The lowest BCUT2D eigenvalue weighted by atomic mass is 9.66. The van der Waals surface area contributed by atoms with Gasteiger partial charge in [0.2, 0.25) is 0 Å². The van der Waals surface area contributed by atoms with Crippen LogP contribution in [0.1, 0.15) is 57.1 Å². The fourth-order valence-electron chi connectivity index (χ4n) is 3.90. The van der Waals surface area contributed by atoms with E-state index in [0.29, 0.717) is 0 Å². The van der Waals surface area contributed by atoms with Crippen LogP contribution in [0.15, 0.2) is 72.3 Å². The molecule has 1 aliphatic rings. The first kappa shape index (κ1) is 21.9. The summed E-state index contributed by atoms with van der Waals surface area (Å²) in [4.78, 5) is 0. The first-order valence-corrected chi connectivity index (χ1v) is 10.2. The summed E-state index contributed by atoms with van der Waals surface area (Å²) in [5, 5.41) is 7.36. The van der Waals surface area contributed by atoms with E-state index in [1.165, 1.54) is 30.4 Å². The molecule has 0 radical (unpaired) electrons. The van der Waals surface area contributed by atoms with Crippen molar-refractivity contribution < 1.29 is 4.39 Å². The third-order valence-electron chi connectivity index (χ3n) is 5.34. The molecule has 1 atom stereocenters. The number of isothiocyanates is 1. The monoisotopic (exact) mass is 393 g/mol. The second-order valence-electron chi connectivity index (χ2n) is 7.32. The number of thiocarbonyl (C=S) groups is 1. The number of hydrogen-bond acceptors (Lipinski definition) is 2. The molecule has 2 aromatic carbocycles. The van der Waals surface area contributed by atoms with Crippen molar-refractivity contribution in [1.29, 1.82) is 5.41 Å². The molecule has 0 amide bonds. The minimum atomic E-state index is -0.195. The molecule has 0 saturated carbocycles. The maximum absolute atomic E-state index is 14.5. The standard InChI is InChI=1S/C24H27F.CHNS/c1-3-4-6-11-19-16-17-22(21-14-9-10-15-23(21)25)24(2,18-19)20-12-7-5-8-13-20;2-1-3/h5,7-10,12-17H,3-4,6,11,18H2,1-2H3;2H. The van der Waals surface area contributed by atoms with Gasteiger partial charge in [-0.15, -0.1) is 0 Å². The second kappa shape index (κ2) is 10.8. The number of benzene rings is 2. The highest BCUT2D eigenvalue weighted by molar-refractivity contribution is 7.78. The number of hydrogen-bond donors (Lipinski definition) is 1. The van der Waals surface area contributed by atoms with Gasteiger partial charge >= 0.3 is 0 Å². The minimum Gasteiger partial charge on any atom is -0.248 e. The Bertz CT molecular complexity index is 863. The molecule has 0 heterocycles.